The maximum absolute atomic E-state index is 11.4. The molecule has 1 aliphatic rings. The van der Waals surface area contributed by atoms with Crippen molar-refractivity contribution >= 4 is 10.0 Å². The second-order valence-corrected chi connectivity index (χ2v) is 6.38. The van der Waals surface area contributed by atoms with Crippen LogP contribution in [0.1, 0.15) is 38.5 Å². The summed E-state index contributed by atoms with van der Waals surface area (Å²) in [5.74, 6) is -0.0942. The predicted molar refractivity (Wildman–Crippen MR) is 64.6 cm³/mol. The highest BCUT2D eigenvalue weighted by Gasteiger charge is 2.29. The van der Waals surface area contributed by atoms with Crippen LogP contribution in [0.4, 0.5) is 0 Å². The largest absolute Gasteiger partial charge is 0.389 e. The Morgan fingerprint density at radius 2 is 1.81 bits per heavy atom. The van der Waals surface area contributed by atoms with Gasteiger partial charge in [0.2, 0.25) is 10.0 Å². The lowest BCUT2D eigenvalue weighted by Crippen LogP contribution is -2.43. The molecule has 0 saturated heterocycles. The van der Waals surface area contributed by atoms with Crippen molar-refractivity contribution in [3.63, 3.8) is 0 Å². The van der Waals surface area contributed by atoms with Gasteiger partial charge in [-0.25, -0.2) is 13.1 Å². The third-order valence-electron chi connectivity index (χ3n) is 2.99. The SMILES string of the molecule is C=CCS(=O)(=O)NCC1(O)CCCCCC1. The van der Waals surface area contributed by atoms with E-state index in [0.717, 1.165) is 25.7 Å². The third-order valence-corrected chi connectivity index (χ3v) is 4.25. The first-order chi connectivity index (χ1) is 7.47. The molecule has 0 radical (unpaired) electrons. The zero-order chi connectivity index (χ0) is 12.1. The van der Waals surface area contributed by atoms with E-state index in [-0.39, 0.29) is 12.3 Å². The first-order valence-electron chi connectivity index (χ1n) is 5.78. The molecule has 0 aromatic heterocycles. The van der Waals surface area contributed by atoms with Crippen LogP contribution in [0.15, 0.2) is 12.7 Å². The molecule has 1 saturated carbocycles. The lowest BCUT2D eigenvalue weighted by molar-refractivity contribution is 0.0303. The molecule has 0 spiro atoms. The standard InChI is InChI=1S/C11H21NO3S/c1-2-9-16(14,15)12-10-11(13)7-5-3-4-6-8-11/h2,12-13H,1,3-10H2. The Balaban J connectivity index is 2.49. The van der Waals surface area contributed by atoms with E-state index in [1.807, 2.05) is 0 Å². The molecule has 0 atom stereocenters. The Morgan fingerprint density at radius 3 is 2.31 bits per heavy atom. The molecule has 94 valence electrons. The Bertz CT molecular complexity index is 316. The van der Waals surface area contributed by atoms with E-state index < -0.39 is 15.6 Å². The fraction of sp³-hybridized carbons (Fsp3) is 0.818. The Labute approximate surface area is 97.8 Å². The third kappa shape index (κ3) is 4.63. The van der Waals surface area contributed by atoms with E-state index in [2.05, 4.69) is 11.3 Å². The van der Waals surface area contributed by atoms with Crippen molar-refractivity contribution in [3.8, 4) is 0 Å². The topological polar surface area (TPSA) is 66.4 Å². The van der Waals surface area contributed by atoms with Crippen LogP contribution in [0.5, 0.6) is 0 Å². The Kier molecular flexibility index (Phi) is 4.95. The average Bonchev–Trinajstić information content (AvgIpc) is 2.41. The summed E-state index contributed by atoms with van der Waals surface area (Å²) in [6.45, 7) is 3.52. The smallest absolute Gasteiger partial charge is 0.215 e. The maximum atomic E-state index is 11.4. The van der Waals surface area contributed by atoms with Crippen LogP contribution in [0.3, 0.4) is 0 Å². The molecule has 0 bridgehead atoms. The number of hydrogen-bond donors (Lipinski definition) is 2. The monoisotopic (exact) mass is 247 g/mol. The highest BCUT2D eigenvalue weighted by molar-refractivity contribution is 7.89. The van der Waals surface area contributed by atoms with Gasteiger partial charge in [-0.1, -0.05) is 31.8 Å². The van der Waals surface area contributed by atoms with Gasteiger partial charge < -0.3 is 5.11 Å². The molecule has 0 unspecified atom stereocenters. The van der Waals surface area contributed by atoms with Crippen LogP contribution < -0.4 is 4.72 Å². The highest BCUT2D eigenvalue weighted by Crippen LogP contribution is 2.26. The molecule has 0 amide bonds. The average molecular weight is 247 g/mol. The molecule has 0 aromatic rings. The molecule has 0 aliphatic heterocycles. The molecule has 2 N–H and O–H groups in total. The van der Waals surface area contributed by atoms with Crippen LogP contribution in [0.2, 0.25) is 0 Å². The van der Waals surface area contributed by atoms with Gasteiger partial charge in [0.05, 0.1) is 11.4 Å². The van der Waals surface area contributed by atoms with Crippen molar-refractivity contribution in [2.45, 2.75) is 44.1 Å². The number of sulfonamides is 1. The van der Waals surface area contributed by atoms with Gasteiger partial charge in [-0.05, 0) is 12.8 Å². The van der Waals surface area contributed by atoms with E-state index in [0.29, 0.717) is 12.8 Å². The normalized spacial score (nSPS) is 21.3. The van der Waals surface area contributed by atoms with Gasteiger partial charge >= 0.3 is 0 Å². The molecular formula is C11H21NO3S. The molecule has 16 heavy (non-hydrogen) atoms. The number of nitrogens with one attached hydrogen (secondary N) is 1. The summed E-state index contributed by atoms with van der Waals surface area (Å²) in [7, 11) is -3.31. The van der Waals surface area contributed by atoms with Crippen LogP contribution in [0, 0.1) is 0 Å². The second kappa shape index (κ2) is 5.80. The van der Waals surface area contributed by atoms with E-state index in [4.69, 9.17) is 0 Å². The summed E-state index contributed by atoms with van der Waals surface area (Å²) in [5.41, 5.74) is -0.856. The molecule has 1 fully saturated rings. The van der Waals surface area contributed by atoms with Crippen molar-refractivity contribution in [3.05, 3.63) is 12.7 Å². The van der Waals surface area contributed by atoms with Crippen LogP contribution >= 0.6 is 0 Å². The Hall–Kier alpha value is -0.390. The summed E-state index contributed by atoms with van der Waals surface area (Å²) in [5, 5.41) is 10.2. The van der Waals surface area contributed by atoms with Crippen LogP contribution in [0.25, 0.3) is 0 Å². The van der Waals surface area contributed by atoms with Gasteiger partial charge in [0.25, 0.3) is 0 Å². The summed E-state index contributed by atoms with van der Waals surface area (Å²) in [6, 6.07) is 0. The van der Waals surface area contributed by atoms with Crippen LogP contribution in [-0.4, -0.2) is 31.4 Å². The molecule has 5 heteroatoms. The summed E-state index contributed by atoms with van der Waals surface area (Å²) in [6.07, 6.45) is 6.91. The zero-order valence-electron chi connectivity index (χ0n) is 9.61. The summed E-state index contributed by atoms with van der Waals surface area (Å²) >= 11 is 0. The number of hydrogen-bond acceptors (Lipinski definition) is 3. The molecule has 4 nitrogen and oxygen atoms in total. The van der Waals surface area contributed by atoms with Gasteiger partial charge in [-0.2, -0.15) is 0 Å². The Morgan fingerprint density at radius 1 is 1.25 bits per heavy atom. The first-order valence-corrected chi connectivity index (χ1v) is 7.43. The quantitative estimate of drug-likeness (QED) is 0.566. The van der Waals surface area contributed by atoms with Crippen LogP contribution in [-0.2, 0) is 10.0 Å². The summed E-state index contributed by atoms with van der Waals surface area (Å²) in [4.78, 5) is 0. The molecule has 0 aromatic carbocycles. The first kappa shape index (κ1) is 13.7. The van der Waals surface area contributed by atoms with E-state index >= 15 is 0 Å². The molecule has 1 aliphatic carbocycles. The predicted octanol–water partition coefficient (Wildman–Crippen LogP) is 1.18. The minimum absolute atomic E-state index is 0.0942. The highest BCUT2D eigenvalue weighted by atomic mass is 32.2. The van der Waals surface area contributed by atoms with Crippen molar-refractivity contribution in [2.24, 2.45) is 0 Å². The van der Waals surface area contributed by atoms with Crippen molar-refractivity contribution < 1.29 is 13.5 Å². The fourth-order valence-electron chi connectivity index (χ4n) is 2.02. The van der Waals surface area contributed by atoms with Gasteiger partial charge in [-0.15, -0.1) is 6.58 Å². The van der Waals surface area contributed by atoms with Crippen molar-refractivity contribution in [1.29, 1.82) is 0 Å². The minimum Gasteiger partial charge on any atom is -0.389 e. The van der Waals surface area contributed by atoms with Gasteiger partial charge in [0.1, 0.15) is 0 Å². The number of rotatable bonds is 5. The lowest BCUT2D eigenvalue weighted by Gasteiger charge is -2.26. The van der Waals surface area contributed by atoms with Gasteiger partial charge in [-0.3, -0.25) is 0 Å². The number of aliphatic hydroxyl groups is 1. The minimum atomic E-state index is -3.31. The van der Waals surface area contributed by atoms with Gasteiger partial charge in [0.15, 0.2) is 0 Å². The second-order valence-electron chi connectivity index (χ2n) is 4.53. The van der Waals surface area contributed by atoms with E-state index in [1.165, 1.54) is 6.08 Å². The van der Waals surface area contributed by atoms with E-state index in [1.54, 1.807) is 0 Å². The van der Waals surface area contributed by atoms with E-state index in [9.17, 15) is 13.5 Å². The zero-order valence-corrected chi connectivity index (χ0v) is 10.4. The molecule has 0 heterocycles. The van der Waals surface area contributed by atoms with Crippen molar-refractivity contribution in [2.75, 3.05) is 12.3 Å². The summed E-state index contributed by atoms with van der Waals surface area (Å²) < 4.78 is 25.3. The lowest BCUT2D eigenvalue weighted by atomic mass is 9.95. The molecular weight excluding hydrogens is 226 g/mol. The maximum Gasteiger partial charge on any atom is 0.215 e. The van der Waals surface area contributed by atoms with Crippen molar-refractivity contribution in [1.82, 2.24) is 4.72 Å². The van der Waals surface area contributed by atoms with Gasteiger partial charge in [0, 0.05) is 6.54 Å². The molecule has 1 rings (SSSR count). The fourth-order valence-corrected chi connectivity index (χ4v) is 2.94.